The number of rotatable bonds is 4. The topological polar surface area (TPSA) is 9.23 Å². The molecule has 0 aliphatic heterocycles. The van der Waals surface area contributed by atoms with Gasteiger partial charge >= 0.3 is 6.18 Å². The first kappa shape index (κ1) is 15.7. The van der Waals surface area contributed by atoms with Crippen LogP contribution in [-0.4, -0.2) is 10.9 Å². The van der Waals surface area contributed by atoms with Crippen molar-refractivity contribution < 1.29 is 17.9 Å². The maximum absolute atomic E-state index is 12.7. The van der Waals surface area contributed by atoms with Gasteiger partial charge < -0.3 is 4.74 Å². The van der Waals surface area contributed by atoms with Crippen LogP contribution in [0.2, 0.25) is 0 Å². The Morgan fingerprint density at radius 2 is 1.95 bits per heavy atom. The number of hydrogen-bond acceptors (Lipinski definition) is 1. The molecule has 0 amide bonds. The van der Waals surface area contributed by atoms with Gasteiger partial charge in [0, 0.05) is 10.2 Å². The van der Waals surface area contributed by atoms with E-state index in [-0.39, 0.29) is 11.5 Å². The molecule has 2 unspecified atom stereocenters. The maximum Gasteiger partial charge on any atom is 0.416 e. The summed E-state index contributed by atoms with van der Waals surface area (Å²) in [5.74, 6) is 0.301. The maximum atomic E-state index is 12.7. The summed E-state index contributed by atoms with van der Waals surface area (Å²) in [6, 6.07) is 5.13. The molecule has 112 valence electrons. The molecule has 0 spiro atoms. The van der Waals surface area contributed by atoms with Gasteiger partial charge in [0.05, 0.1) is 5.56 Å². The summed E-state index contributed by atoms with van der Waals surface area (Å²) in [4.78, 5) is 0.376. The number of benzene rings is 1. The van der Waals surface area contributed by atoms with E-state index in [4.69, 9.17) is 4.74 Å². The predicted molar refractivity (Wildman–Crippen MR) is 76.2 cm³/mol. The molecule has 0 saturated heterocycles. The molecule has 1 aromatic carbocycles. The second-order valence-electron chi connectivity index (χ2n) is 5.28. The van der Waals surface area contributed by atoms with Crippen LogP contribution in [0.25, 0.3) is 0 Å². The monoisotopic (exact) mass is 350 g/mol. The highest BCUT2D eigenvalue weighted by atomic mass is 79.9. The Hall–Kier alpha value is -0.710. The summed E-state index contributed by atoms with van der Waals surface area (Å²) < 4.78 is 43.9. The molecule has 1 saturated carbocycles. The van der Waals surface area contributed by atoms with Crippen LogP contribution >= 0.6 is 15.9 Å². The van der Waals surface area contributed by atoms with Crippen LogP contribution in [0.4, 0.5) is 13.2 Å². The van der Waals surface area contributed by atoms with E-state index in [0.29, 0.717) is 10.6 Å². The number of hydrogen-bond donors (Lipinski definition) is 0. The van der Waals surface area contributed by atoms with E-state index in [2.05, 4.69) is 29.8 Å². The molecule has 1 aliphatic carbocycles. The van der Waals surface area contributed by atoms with Crippen molar-refractivity contribution in [2.45, 2.75) is 50.2 Å². The number of halogens is 4. The standard InChI is InChI=1S/C15H18BrF3O/c1-3-14(4-2)12(16)9-13(14)20-11-7-5-6-10(8-11)15(17,18)19/h5-8,12-13H,3-4,9H2,1-2H3. The molecule has 1 aliphatic rings. The van der Waals surface area contributed by atoms with E-state index in [1.807, 2.05) is 0 Å². The zero-order valence-corrected chi connectivity index (χ0v) is 13.1. The molecule has 1 aromatic rings. The lowest BCUT2D eigenvalue weighted by atomic mass is 9.62. The number of alkyl halides is 4. The third kappa shape index (κ3) is 2.69. The van der Waals surface area contributed by atoms with Gasteiger partial charge in [-0.25, -0.2) is 0 Å². The van der Waals surface area contributed by atoms with E-state index < -0.39 is 11.7 Å². The largest absolute Gasteiger partial charge is 0.490 e. The van der Waals surface area contributed by atoms with E-state index in [0.717, 1.165) is 31.4 Å². The zero-order valence-electron chi connectivity index (χ0n) is 11.5. The molecule has 0 heterocycles. The average Bonchev–Trinajstić information content (AvgIpc) is 2.39. The van der Waals surface area contributed by atoms with Crippen LogP contribution < -0.4 is 4.74 Å². The van der Waals surface area contributed by atoms with Crippen molar-refractivity contribution in [1.82, 2.24) is 0 Å². The average molecular weight is 351 g/mol. The molecule has 0 radical (unpaired) electrons. The van der Waals surface area contributed by atoms with Gasteiger partial charge in [-0.05, 0) is 37.5 Å². The molecule has 1 nitrogen and oxygen atoms in total. The molecule has 5 heteroatoms. The van der Waals surface area contributed by atoms with Gasteiger partial charge in [-0.15, -0.1) is 0 Å². The van der Waals surface area contributed by atoms with Crippen LogP contribution in [-0.2, 0) is 6.18 Å². The van der Waals surface area contributed by atoms with Crippen molar-refractivity contribution in [3.63, 3.8) is 0 Å². The van der Waals surface area contributed by atoms with E-state index in [1.54, 1.807) is 6.07 Å². The lowest BCUT2D eigenvalue weighted by molar-refractivity contribution is -0.137. The summed E-state index contributed by atoms with van der Waals surface area (Å²) in [6.45, 7) is 4.19. The van der Waals surface area contributed by atoms with Crippen molar-refractivity contribution in [2.24, 2.45) is 5.41 Å². The third-order valence-electron chi connectivity index (χ3n) is 4.44. The molecule has 2 rings (SSSR count). The minimum Gasteiger partial charge on any atom is -0.490 e. The SMILES string of the molecule is CCC1(CC)C(Br)CC1Oc1cccc(C(F)(F)F)c1. The van der Waals surface area contributed by atoms with Gasteiger partial charge in [0.1, 0.15) is 11.9 Å². The minimum atomic E-state index is -4.33. The fourth-order valence-electron chi connectivity index (χ4n) is 2.92. The van der Waals surface area contributed by atoms with Crippen LogP contribution in [0.1, 0.15) is 38.7 Å². The van der Waals surface area contributed by atoms with Crippen molar-refractivity contribution in [3.8, 4) is 5.75 Å². The van der Waals surface area contributed by atoms with E-state index >= 15 is 0 Å². The Labute approximate surface area is 125 Å². The third-order valence-corrected chi connectivity index (χ3v) is 5.73. The summed E-state index contributed by atoms with van der Waals surface area (Å²) in [6.07, 6.45) is -1.63. The van der Waals surface area contributed by atoms with Crippen LogP contribution in [0.3, 0.4) is 0 Å². The molecular formula is C15H18BrF3O. The van der Waals surface area contributed by atoms with Gasteiger partial charge in [-0.3, -0.25) is 0 Å². The second kappa shape index (κ2) is 5.58. The highest BCUT2D eigenvalue weighted by Gasteiger charge is 2.53. The molecule has 0 N–H and O–H groups in total. The first-order chi connectivity index (χ1) is 9.33. The first-order valence-electron chi connectivity index (χ1n) is 6.81. The van der Waals surface area contributed by atoms with Crippen molar-refractivity contribution in [1.29, 1.82) is 0 Å². The highest BCUT2D eigenvalue weighted by molar-refractivity contribution is 9.09. The Kier molecular flexibility index (Phi) is 4.38. The fraction of sp³-hybridized carbons (Fsp3) is 0.600. The van der Waals surface area contributed by atoms with E-state index in [9.17, 15) is 13.2 Å². The van der Waals surface area contributed by atoms with Crippen molar-refractivity contribution in [2.75, 3.05) is 0 Å². The fourth-order valence-corrected chi connectivity index (χ4v) is 4.20. The lowest BCUT2D eigenvalue weighted by Crippen LogP contribution is -2.56. The van der Waals surface area contributed by atoms with Gasteiger partial charge in [0.2, 0.25) is 0 Å². The zero-order chi connectivity index (χ0) is 15.0. The molecule has 20 heavy (non-hydrogen) atoms. The lowest BCUT2D eigenvalue weighted by Gasteiger charge is -2.52. The Bertz CT molecular complexity index is 468. The van der Waals surface area contributed by atoms with Gasteiger partial charge in [0.15, 0.2) is 0 Å². The normalized spacial score (nSPS) is 25.1. The smallest absolute Gasteiger partial charge is 0.416 e. The molecular weight excluding hydrogens is 333 g/mol. The quantitative estimate of drug-likeness (QED) is 0.658. The first-order valence-corrected chi connectivity index (χ1v) is 7.73. The molecule has 1 fully saturated rings. The minimum absolute atomic E-state index is 0.0221. The Balaban J connectivity index is 2.15. The van der Waals surface area contributed by atoms with E-state index in [1.165, 1.54) is 6.07 Å². The highest BCUT2D eigenvalue weighted by Crippen LogP contribution is 2.52. The summed E-state index contributed by atoms with van der Waals surface area (Å²) in [7, 11) is 0. The Morgan fingerprint density at radius 3 is 2.45 bits per heavy atom. The second-order valence-corrected chi connectivity index (χ2v) is 6.38. The van der Waals surface area contributed by atoms with Crippen LogP contribution in [0.15, 0.2) is 24.3 Å². The van der Waals surface area contributed by atoms with Crippen molar-refractivity contribution in [3.05, 3.63) is 29.8 Å². The summed E-state index contributed by atoms with van der Waals surface area (Å²) in [5.41, 5.74) is -0.642. The summed E-state index contributed by atoms with van der Waals surface area (Å²) in [5, 5.41) is 0. The molecule has 0 bridgehead atoms. The van der Waals surface area contributed by atoms with Crippen LogP contribution in [0, 0.1) is 5.41 Å². The van der Waals surface area contributed by atoms with Gasteiger partial charge in [-0.1, -0.05) is 35.8 Å². The molecule has 0 aromatic heterocycles. The van der Waals surface area contributed by atoms with Crippen molar-refractivity contribution >= 4 is 15.9 Å². The van der Waals surface area contributed by atoms with Gasteiger partial charge in [-0.2, -0.15) is 13.2 Å². The Morgan fingerprint density at radius 1 is 1.30 bits per heavy atom. The number of ether oxygens (including phenoxy) is 1. The van der Waals surface area contributed by atoms with Crippen LogP contribution in [0.5, 0.6) is 5.75 Å². The van der Waals surface area contributed by atoms with Gasteiger partial charge in [0.25, 0.3) is 0 Å². The predicted octanol–water partition coefficient (Wildman–Crippen LogP) is 5.43. The molecule has 2 atom stereocenters. The summed E-state index contributed by atoms with van der Waals surface area (Å²) >= 11 is 3.64.